The predicted molar refractivity (Wildman–Crippen MR) is 56.0 cm³/mol. The Morgan fingerprint density at radius 3 is 2.33 bits per heavy atom. The molecule has 0 amide bonds. The Morgan fingerprint density at radius 1 is 1.33 bits per heavy atom. The van der Waals surface area contributed by atoms with Gasteiger partial charge >= 0.3 is 0 Å². The smallest absolute Gasteiger partial charge is 0.0200 e. The van der Waals surface area contributed by atoms with Gasteiger partial charge in [0.15, 0.2) is 0 Å². The molecule has 0 spiro atoms. The lowest BCUT2D eigenvalue weighted by Gasteiger charge is -1.99. The van der Waals surface area contributed by atoms with E-state index in [1.54, 1.807) is 0 Å². The molecule has 0 saturated carbocycles. The van der Waals surface area contributed by atoms with Crippen molar-refractivity contribution in [2.45, 2.75) is 40.2 Å². The first kappa shape index (κ1) is 11.4. The van der Waals surface area contributed by atoms with Gasteiger partial charge in [0.2, 0.25) is 0 Å². The normalized spacial score (nSPS) is 16.0. The molecule has 0 aliphatic carbocycles. The molecule has 2 N–H and O–H groups in total. The third kappa shape index (κ3) is 7.55. The van der Waals surface area contributed by atoms with Gasteiger partial charge in [0.25, 0.3) is 0 Å². The van der Waals surface area contributed by atoms with Crippen LogP contribution in [0.3, 0.4) is 0 Å². The molecule has 1 nitrogen and oxygen atoms in total. The highest BCUT2D eigenvalue weighted by atomic mass is 14.6. The first-order chi connectivity index (χ1) is 5.52. The Labute approximate surface area is 76.3 Å². The predicted octanol–water partition coefficient (Wildman–Crippen LogP) is 2.88. The Hall–Kier alpha value is -0.560. The highest BCUT2D eigenvalue weighted by Gasteiger charge is 1.89. The van der Waals surface area contributed by atoms with E-state index in [9.17, 15) is 0 Å². The van der Waals surface area contributed by atoms with Crippen LogP contribution in [-0.4, -0.2) is 6.04 Å². The average Bonchev–Trinajstić information content (AvgIpc) is 1.84. The van der Waals surface area contributed by atoms with Gasteiger partial charge in [0.05, 0.1) is 0 Å². The van der Waals surface area contributed by atoms with Gasteiger partial charge in [0, 0.05) is 6.04 Å². The first-order valence-corrected chi connectivity index (χ1v) is 4.63. The topological polar surface area (TPSA) is 26.0 Å². The molecule has 0 aromatic heterocycles. The fraction of sp³-hybridized carbons (Fsp3) is 0.636. The van der Waals surface area contributed by atoms with Gasteiger partial charge in [-0.1, -0.05) is 37.6 Å². The van der Waals surface area contributed by atoms with Gasteiger partial charge in [-0.15, -0.1) is 0 Å². The van der Waals surface area contributed by atoms with Gasteiger partial charge < -0.3 is 5.73 Å². The van der Waals surface area contributed by atoms with E-state index < -0.39 is 0 Å². The molecule has 0 rings (SSSR count). The lowest BCUT2D eigenvalue weighted by atomic mass is 10.1. The maximum absolute atomic E-state index is 5.61. The zero-order valence-electron chi connectivity index (χ0n) is 8.67. The van der Waals surface area contributed by atoms with Gasteiger partial charge in [-0.2, -0.15) is 0 Å². The SMILES string of the molecule is CC(/C=C\CC(C)C)=C/C(C)N. The first-order valence-electron chi connectivity index (χ1n) is 4.63. The highest BCUT2D eigenvalue weighted by molar-refractivity contribution is 5.17. The molecule has 1 atom stereocenters. The minimum atomic E-state index is 0.161. The summed E-state index contributed by atoms with van der Waals surface area (Å²) in [6.45, 7) is 8.50. The Kier molecular flexibility index (Phi) is 5.73. The molecular formula is C11H21N. The lowest BCUT2D eigenvalue weighted by molar-refractivity contribution is 0.663. The average molecular weight is 167 g/mol. The second-order valence-electron chi connectivity index (χ2n) is 3.80. The summed E-state index contributed by atoms with van der Waals surface area (Å²) in [5, 5.41) is 0. The van der Waals surface area contributed by atoms with Gasteiger partial charge in [-0.05, 0) is 26.2 Å². The van der Waals surface area contributed by atoms with Crippen molar-refractivity contribution in [2.24, 2.45) is 11.7 Å². The van der Waals surface area contributed by atoms with Crippen molar-refractivity contribution >= 4 is 0 Å². The molecule has 1 unspecified atom stereocenters. The molecular weight excluding hydrogens is 146 g/mol. The molecule has 0 aromatic carbocycles. The molecule has 0 saturated heterocycles. The number of allylic oxidation sites excluding steroid dienone is 3. The van der Waals surface area contributed by atoms with Crippen molar-refractivity contribution in [3.05, 3.63) is 23.8 Å². The van der Waals surface area contributed by atoms with Crippen LogP contribution in [0.1, 0.15) is 34.1 Å². The molecule has 70 valence electrons. The van der Waals surface area contributed by atoms with E-state index in [0.717, 1.165) is 12.3 Å². The molecule has 0 fully saturated rings. The summed E-state index contributed by atoms with van der Waals surface area (Å²) in [6, 6.07) is 0.161. The summed E-state index contributed by atoms with van der Waals surface area (Å²) in [6.07, 6.45) is 7.56. The minimum Gasteiger partial charge on any atom is -0.325 e. The van der Waals surface area contributed by atoms with E-state index >= 15 is 0 Å². The van der Waals surface area contributed by atoms with E-state index in [-0.39, 0.29) is 6.04 Å². The highest BCUT2D eigenvalue weighted by Crippen LogP contribution is 2.03. The molecule has 0 heterocycles. The summed E-state index contributed by atoms with van der Waals surface area (Å²) in [5.74, 6) is 0.740. The summed E-state index contributed by atoms with van der Waals surface area (Å²) in [7, 11) is 0. The van der Waals surface area contributed by atoms with Crippen molar-refractivity contribution < 1.29 is 0 Å². The van der Waals surface area contributed by atoms with Crippen LogP contribution < -0.4 is 5.73 Å². The quantitative estimate of drug-likeness (QED) is 0.640. The monoisotopic (exact) mass is 167 g/mol. The van der Waals surface area contributed by atoms with E-state index in [0.29, 0.717) is 0 Å². The van der Waals surface area contributed by atoms with Gasteiger partial charge in [-0.25, -0.2) is 0 Å². The standard InChI is InChI=1S/C11H21N/c1-9(2)6-5-7-10(3)8-11(4)12/h5,7-9,11H,6,12H2,1-4H3/b7-5-,10-8-. The van der Waals surface area contributed by atoms with E-state index in [2.05, 4.69) is 39.0 Å². The van der Waals surface area contributed by atoms with Crippen molar-refractivity contribution in [2.75, 3.05) is 0 Å². The van der Waals surface area contributed by atoms with Crippen LogP contribution in [0.5, 0.6) is 0 Å². The number of hydrogen-bond acceptors (Lipinski definition) is 1. The lowest BCUT2D eigenvalue weighted by Crippen LogP contribution is -2.10. The Bertz CT molecular complexity index is 164. The fourth-order valence-corrected chi connectivity index (χ4v) is 0.996. The van der Waals surface area contributed by atoms with Crippen LogP contribution >= 0.6 is 0 Å². The maximum Gasteiger partial charge on any atom is 0.0200 e. The van der Waals surface area contributed by atoms with E-state index in [1.165, 1.54) is 5.57 Å². The molecule has 1 heteroatoms. The maximum atomic E-state index is 5.61. The summed E-state index contributed by atoms with van der Waals surface area (Å²) in [4.78, 5) is 0. The fourth-order valence-electron chi connectivity index (χ4n) is 0.996. The second kappa shape index (κ2) is 6.01. The molecule has 0 aliphatic heterocycles. The van der Waals surface area contributed by atoms with Gasteiger partial charge in [-0.3, -0.25) is 0 Å². The van der Waals surface area contributed by atoms with E-state index in [1.807, 2.05) is 6.92 Å². The number of hydrogen-bond donors (Lipinski definition) is 1. The van der Waals surface area contributed by atoms with Crippen LogP contribution in [0.2, 0.25) is 0 Å². The molecule has 0 aromatic rings. The van der Waals surface area contributed by atoms with E-state index in [4.69, 9.17) is 5.73 Å². The van der Waals surface area contributed by atoms with Crippen molar-refractivity contribution in [1.82, 2.24) is 0 Å². The van der Waals surface area contributed by atoms with Crippen LogP contribution in [0.25, 0.3) is 0 Å². The summed E-state index contributed by atoms with van der Waals surface area (Å²) < 4.78 is 0. The molecule has 0 bridgehead atoms. The third-order valence-electron chi connectivity index (χ3n) is 1.51. The molecule has 0 radical (unpaired) electrons. The molecule has 0 aliphatic rings. The van der Waals surface area contributed by atoms with Gasteiger partial charge in [0.1, 0.15) is 0 Å². The van der Waals surface area contributed by atoms with Crippen LogP contribution in [0.15, 0.2) is 23.8 Å². The zero-order valence-corrected chi connectivity index (χ0v) is 8.67. The van der Waals surface area contributed by atoms with Crippen molar-refractivity contribution in [3.63, 3.8) is 0 Å². The number of nitrogens with two attached hydrogens (primary N) is 1. The number of rotatable bonds is 4. The van der Waals surface area contributed by atoms with Crippen LogP contribution in [0, 0.1) is 5.92 Å². The zero-order chi connectivity index (χ0) is 9.56. The van der Waals surface area contributed by atoms with Crippen molar-refractivity contribution in [1.29, 1.82) is 0 Å². The summed E-state index contributed by atoms with van der Waals surface area (Å²) in [5.41, 5.74) is 6.87. The Morgan fingerprint density at radius 2 is 1.92 bits per heavy atom. The largest absolute Gasteiger partial charge is 0.325 e. The van der Waals surface area contributed by atoms with Crippen LogP contribution in [-0.2, 0) is 0 Å². The summed E-state index contributed by atoms with van der Waals surface area (Å²) >= 11 is 0. The minimum absolute atomic E-state index is 0.161. The van der Waals surface area contributed by atoms with Crippen molar-refractivity contribution in [3.8, 4) is 0 Å². The second-order valence-corrected chi connectivity index (χ2v) is 3.80. The molecule has 12 heavy (non-hydrogen) atoms. The van der Waals surface area contributed by atoms with Crippen LogP contribution in [0.4, 0.5) is 0 Å². The third-order valence-corrected chi connectivity index (χ3v) is 1.51. The Balaban J connectivity index is 3.82.